The Bertz CT molecular complexity index is 454. The van der Waals surface area contributed by atoms with Crippen LogP contribution in [0.2, 0.25) is 10.0 Å². The molecule has 1 N–H and O–H groups in total. The van der Waals surface area contributed by atoms with Gasteiger partial charge in [-0.1, -0.05) is 44.0 Å². The van der Waals surface area contributed by atoms with Crippen molar-refractivity contribution in [2.75, 3.05) is 6.54 Å². The summed E-state index contributed by atoms with van der Waals surface area (Å²) >= 11 is 17.9. The van der Waals surface area contributed by atoms with E-state index in [-0.39, 0.29) is 16.7 Å². The third kappa shape index (κ3) is 6.03. The lowest BCUT2D eigenvalue weighted by atomic mass is 9.90. The van der Waals surface area contributed by atoms with E-state index in [2.05, 4.69) is 26.1 Å². The molecular weight excluding hydrogens is 305 g/mol. The van der Waals surface area contributed by atoms with Crippen LogP contribution in [-0.4, -0.2) is 17.8 Å². The van der Waals surface area contributed by atoms with Crippen molar-refractivity contribution >= 4 is 40.7 Å². The zero-order chi connectivity index (χ0) is 14.6. The lowest BCUT2D eigenvalue weighted by Crippen LogP contribution is -2.31. The number of carbonyl (C=O) groups excluding carboxylic acids is 1. The van der Waals surface area contributed by atoms with E-state index in [1.807, 2.05) is 0 Å². The van der Waals surface area contributed by atoms with Gasteiger partial charge in [0.2, 0.25) is 0 Å². The van der Waals surface area contributed by atoms with Crippen molar-refractivity contribution in [2.24, 2.45) is 5.41 Å². The van der Waals surface area contributed by atoms with Crippen LogP contribution in [0.25, 0.3) is 0 Å². The quantitative estimate of drug-likeness (QED) is 0.795. The summed E-state index contributed by atoms with van der Waals surface area (Å²) in [6.07, 6.45) is 0.823. The Hall–Kier alpha value is -0.440. The maximum absolute atomic E-state index is 11.9. The normalized spacial score (nSPS) is 13.2. The van der Waals surface area contributed by atoms with Crippen molar-refractivity contribution in [3.8, 4) is 0 Å². The highest BCUT2D eigenvalue weighted by molar-refractivity contribution is 6.36. The predicted molar refractivity (Wildman–Crippen MR) is 82.5 cm³/mol. The SMILES string of the molecule is CC(C)(C)CC(Cl)CNC(=O)c1ccc(Cl)cc1Cl. The molecule has 0 aliphatic carbocycles. The maximum Gasteiger partial charge on any atom is 0.252 e. The van der Waals surface area contributed by atoms with Gasteiger partial charge in [-0.15, -0.1) is 11.6 Å². The van der Waals surface area contributed by atoms with E-state index < -0.39 is 0 Å². The smallest absolute Gasteiger partial charge is 0.252 e. The maximum atomic E-state index is 11.9. The van der Waals surface area contributed by atoms with Gasteiger partial charge >= 0.3 is 0 Å². The third-order valence-corrected chi connectivity index (χ3v) is 3.35. The van der Waals surface area contributed by atoms with E-state index in [0.717, 1.165) is 6.42 Å². The Morgan fingerprint density at radius 3 is 2.47 bits per heavy atom. The second-order valence-corrected chi connectivity index (χ2v) is 7.16. The summed E-state index contributed by atoms with van der Waals surface area (Å²) in [7, 11) is 0. The minimum absolute atomic E-state index is 0.102. The molecule has 5 heteroatoms. The van der Waals surface area contributed by atoms with Crippen LogP contribution < -0.4 is 5.32 Å². The molecule has 2 nitrogen and oxygen atoms in total. The van der Waals surface area contributed by atoms with Gasteiger partial charge in [-0.25, -0.2) is 0 Å². The van der Waals surface area contributed by atoms with Gasteiger partial charge in [0.25, 0.3) is 5.91 Å². The van der Waals surface area contributed by atoms with Crippen molar-refractivity contribution in [2.45, 2.75) is 32.6 Å². The van der Waals surface area contributed by atoms with Crippen LogP contribution in [0.3, 0.4) is 0 Å². The summed E-state index contributed by atoms with van der Waals surface area (Å²) in [5.41, 5.74) is 0.542. The van der Waals surface area contributed by atoms with Crippen molar-refractivity contribution in [1.29, 1.82) is 0 Å². The molecule has 1 unspecified atom stereocenters. The van der Waals surface area contributed by atoms with Crippen molar-refractivity contribution in [1.82, 2.24) is 5.32 Å². The van der Waals surface area contributed by atoms with E-state index in [4.69, 9.17) is 34.8 Å². The van der Waals surface area contributed by atoms with Crippen LogP contribution in [0.5, 0.6) is 0 Å². The fourth-order valence-corrected chi connectivity index (χ4v) is 2.74. The number of nitrogens with one attached hydrogen (secondary N) is 1. The highest BCUT2D eigenvalue weighted by Gasteiger charge is 2.18. The molecule has 0 radical (unpaired) electrons. The molecule has 1 rings (SSSR count). The van der Waals surface area contributed by atoms with Gasteiger partial charge in [-0.3, -0.25) is 4.79 Å². The number of rotatable bonds is 4. The summed E-state index contributed by atoms with van der Waals surface area (Å²) in [4.78, 5) is 11.9. The van der Waals surface area contributed by atoms with Crippen LogP contribution >= 0.6 is 34.8 Å². The molecule has 106 valence electrons. The second kappa shape index (κ2) is 6.83. The third-order valence-electron chi connectivity index (χ3n) is 2.49. The van der Waals surface area contributed by atoms with E-state index in [1.54, 1.807) is 18.2 Å². The molecule has 0 saturated carbocycles. The Labute approximate surface area is 129 Å². The van der Waals surface area contributed by atoms with Gasteiger partial charge in [0, 0.05) is 11.6 Å². The molecular formula is C14H18Cl3NO. The van der Waals surface area contributed by atoms with Crippen LogP contribution in [0, 0.1) is 5.41 Å². The summed E-state index contributed by atoms with van der Waals surface area (Å²) < 4.78 is 0. The number of halogens is 3. The average molecular weight is 323 g/mol. The first-order valence-electron chi connectivity index (χ1n) is 6.06. The molecule has 1 atom stereocenters. The monoisotopic (exact) mass is 321 g/mol. The molecule has 0 aliphatic heterocycles. The van der Waals surface area contributed by atoms with Crippen LogP contribution in [-0.2, 0) is 0 Å². The molecule has 19 heavy (non-hydrogen) atoms. The van der Waals surface area contributed by atoms with Gasteiger partial charge in [0.1, 0.15) is 0 Å². The molecule has 1 aromatic rings. The van der Waals surface area contributed by atoms with Gasteiger partial charge in [0.05, 0.1) is 16.0 Å². The van der Waals surface area contributed by atoms with E-state index in [0.29, 0.717) is 22.2 Å². The first-order chi connectivity index (χ1) is 8.69. The van der Waals surface area contributed by atoms with E-state index in [9.17, 15) is 4.79 Å². The van der Waals surface area contributed by atoms with Crippen LogP contribution in [0.4, 0.5) is 0 Å². The Kier molecular flexibility index (Phi) is 5.97. The number of amides is 1. The zero-order valence-electron chi connectivity index (χ0n) is 11.3. The van der Waals surface area contributed by atoms with Gasteiger partial charge in [-0.05, 0) is 30.0 Å². The van der Waals surface area contributed by atoms with Crippen molar-refractivity contribution < 1.29 is 4.79 Å². The highest BCUT2D eigenvalue weighted by Crippen LogP contribution is 2.24. The van der Waals surface area contributed by atoms with Gasteiger partial charge in [-0.2, -0.15) is 0 Å². The summed E-state index contributed by atoms with van der Waals surface area (Å²) in [6.45, 7) is 6.75. The van der Waals surface area contributed by atoms with Crippen LogP contribution in [0.15, 0.2) is 18.2 Å². The largest absolute Gasteiger partial charge is 0.351 e. The van der Waals surface area contributed by atoms with E-state index >= 15 is 0 Å². The highest BCUT2D eigenvalue weighted by atomic mass is 35.5. The lowest BCUT2D eigenvalue weighted by molar-refractivity contribution is 0.0952. The first kappa shape index (κ1) is 16.6. The molecule has 1 aromatic carbocycles. The molecule has 0 aromatic heterocycles. The summed E-state index contributed by atoms with van der Waals surface area (Å²) in [6, 6.07) is 4.79. The molecule has 0 bridgehead atoms. The van der Waals surface area contributed by atoms with Crippen LogP contribution in [0.1, 0.15) is 37.6 Å². The standard InChI is InChI=1S/C14H18Cl3NO/c1-14(2,3)7-10(16)8-18-13(19)11-5-4-9(15)6-12(11)17/h4-6,10H,7-8H2,1-3H3,(H,18,19). The number of hydrogen-bond donors (Lipinski definition) is 1. The fourth-order valence-electron chi connectivity index (χ4n) is 1.71. The van der Waals surface area contributed by atoms with Gasteiger partial charge < -0.3 is 5.32 Å². The van der Waals surface area contributed by atoms with Crippen molar-refractivity contribution in [3.63, 3.8) is 0 Å². The first-order valence-corrected chi connectivity index (χ1v) is 7.25. The molecule has 0 heterocycles. The number of hydrogen-bond acceptors (Lipinski definition) is 1. The number of alkyl halides is 1. The fraction of sp³-hybridized carbons (Fsp3) is 0.500. The molecule has 0 aliphatic rings. The number of carbonyl (C=O) groups is 1. The summed E-state index contributed by atoms with van der Waals surface area (Å²) in [5, 5.41) is 3.53. The Balaban J connectivity index is 2.56. The van der Waals surface area contributed by atoms with E-state index in [1.165, 1.54) is 0 Å². The molecule has 1 amide bonds. The Morgan fingerprint density at radius 1 is 1.32 bits per heavy atom. The van der Waals surface area contributed by atoms with Gasteiger partial charge in [0.15, 0.2) is 0 Å². The minimum Gasteiger partial charge on any atom is -0.351 e. The average Bonchev–Trinajstić information content (AvgIpc) is 2.23. The Morgan fingerprint density at radius 2 is 1.95 bits per heavy atom. The minimum atomic E-state index is -0.235. The number of benzene rings is 1. The zero-order valence-corrected chi connectivity index (χ0v) is 13.5. The summed E-state index contributed by atoms with van der Waals surface area (Å²) in [5.74, 6) is -0.235. The predicted octanol–water partition coefficient (Wildman–Crippen LogP) is 4.77. The topological polar surface area (TPSA) is 29.1 Å². The second-order valence-electron chi connectivity index (χ2n) is 5.70. The molecule has 0 fully saturated rings. The molecule has 0 spiro atoms. The lowest BCUT2D eigenvalue weighted by Gasteiger charge is -2.22. The van der Waals surface area contributed by atoms with Crippen molar-refractivity contribution in [3.05, 3.63) is 33.8 Å². The molecule has 0 saturated heterocycles.